The summed E-state index contributed by atoms with van der Waals surface area (Å²) in [7, 11) is 3.53. The van der Waals surface area contributed by atoms with Crippen LogP contribution in [-0.4, -0.2) is 38.0 Å². The van der Waals surface area contributed by atoms with Crippen molar-refractivity contribution >= 4 is 27.3 Å². The van der Waals surface area contributed by atoms with Crippen molar-refractivity contribution in [3.63, 3.8) is 0 Å². The van der Waals surface area contributed by atoms with Crippen LogP contribution in [0.25, 0.3) is 10.1 Å². The molecule has 0 saturated carbocycles. The number of thiophene rings is 1. The smallest absolute Gasteiger partial charge is 0.263 e. The van der Waals surface area contributed by atoms with Crippen LogP contribution in [0, 0.1) is 5.82 Å². The van der Waals surface area contributed by atoms with Gasteiger partial charge in [0.2, 0.25) is 0 Å². The van der Waals surface area contributed by atoms with E-state index in [2.05, 4.69) is 5.32 Å². The second kappa shape index (κ2) is 5.73. The molecule has 5 heteroatoms. The van der Waals surface area contributed by atoms with E-state index in [1.807, 2.05) is 6.07 Å². The summed E-state index contributed by atoms with van der Waals surface area (Å²) in [5, 5.41) is 4.39. The van der Waals surface area contributed by atoms with Gasteiger partial charge in [0.15, 0.2) is 0 Å². The van der Waals surface area contributed by atoms with Gasteiger partial charge in [-0.15, -0.1) is 11.3 Å². The number of halogens is 1. The topological polar surface area (TPSA) is 32.3 Å². The summed E-state index contributed by atoms with van der Waals surface area (Å²) in [4.78, 5) is 14.9. The van der Waals surface area contributed by atoms with Crippen LogP contribution >= 0.6 is 11.3 Å². The first-order valence-electron chi connectivity index (χ1n) is 7.22. The Morgan fingerprint density at radius 1 is 1.33 bits per heavy atom. The molecule has 2 heterocycles. The summed E-state index contributed by atoms with van der Waals surface area (Å²) in [5.74, 6) is 0.152. The number of piperidine rings is 1. The van der Waals surface area contributed by atoms with Crippen LogP contribution in [0.1, 0.15) is 34.0 Å². The highest BCUT2D eigenvalue weighted by molar-refractivity contribution is 7.21. The van der Waals surface area contributed by atoms with Gasteiger partial charge in [0.1, 0.15) is 5.82 Å². The monoisotopic (exact) mass is 306 g/mol. The highest BCUT2D eigenvalue weighted by atomic mass is 32.1. The van der Waals surface area contributed by atoms with E-state index in [0.717, 1.165) is 46.5 Å². The summed E-state index contributed by atoms with van der Waals surface area (Å²) >= 11 is 1.42. The third kappa shape index (κ3) is 2.68. The molecule has 1 fully saturated rings. The van der Waals surface area contributed by atoms with Gasteiger partial charge in [0.25, 0.3) is 5.91 Å². The van der Waals surface area contributed by atoms with Gasteiger partial charge in [-0.1, -0.05) is 6.07 Å². The maximum absolute atomic E-state index is 13.5. The fourth-order valence-electron chi connectivity index (χ4n) is 2.97. The van der Waals surface area contributed by atoms with Crippen LogP contribution in [0.2, 0.25) is 0 Å². The van der Waals surface area contributed by atoms with Crippen LogP contribution in [0.3, 0.4) is 0 Å². The standard InChI is InChI=1S/C16H19FN2OS/c1-19(2)16(20)15-14(10-5-7-18-8-6-10)12-4-3-11(17)9-13(12)21-15/h3-4,9-10,18H,5-8H2,1-2H3. The van der Waals surface area contributed by atoms with Gasteiger partial charge in [0, 0.05) is 18.8 Å². The molecule has 1 aromatic carbocycles. The minimum absolute atomic E-state index is 0.0186. The second-order valence-electron chi connectivity index (χ2n) is 5.71. The van der Waals surface area contributed by atoms with Gasteiger partial charge in [-0.2, -0.15) is 0 Å². The van der Waals surface area contributed by atoms with Crippen molar-refractivity contribution < 1.29 is 9.18 Å². The van der Waals surface area contributed by atoms with Crippen LogP contribution in [0.4, 0.5) is 4.39 Å². The third-order valence-electron chi connectivity index (χ3n) is 4.04. The van der Waals surface area contributed by atoms with Crippen molar-refractivity contribution in [1.82, 2.24) is 10.2 Å². The van der Waals surface area contributed by atoms with Gasteiger partial charge in [-0.25, -0.2) is 4.39 Å². The van der Waals surface area contributed by atoms with Crippen LogP contribution in [0.15, 0.2) is 18.2 Å². The van der Waals surface area contributed by atoms with E-state index in [1.54, 1.807) is 19.0 Å². The number of hydrogen-bond donors (Lipinski definition) is 1. The molecular formula is C16H19FN2OS. The molecule has 0 bridgehead atoms. The van der Waals surface area contributed by atoms with E-state index < -0.39 is 0 Å². The van der Waals surface area contributed by atoms with Gasteiger partial charge in [-0.05, 0) is 54.9 Å². The molecule has 21 heavy (non-hydrogen) atoms. The Morgan fingerprint density at radius 2 is 2.05 bits per heavy atom. The normalized spacial score (nSPS) is 16.3. The van der Waals surface area contributed by atoms with Crippen LogP contribution in [0.5, 0.6) is 0 Å². The van der Waals surface area contributed by atoms with E-state index in [4.69, 9.17) is 0 Å². The maximum atomic E-state index is 13.5. The molecule has 1 N–H and O–H groups in total. The van der Waals surface area contributed by atoms with Gasteiger partial charge in [0.05, 0.1) is 4.88 Å². The molecule has 0 aliphatic carbocycles. The van der Waals surface area contributed by atoms with Crippen LogP contribution in [-0.2, 0) is 0 Å². The summed E-state index contributed by atoms with van der Waals surface area (Å²) < 4.78 is 14.3. The molecule has 1 amide bonds. The molecule has 1 aromatic heterocycles. The van der Waals surface area contributed by atoms with E-state index >= 15 is 0 Å². The lowest BCUT2D eigenvalue weighted by Gasteiger charge is -2.24. The number of benzene rings is 1. The molecule has 0 unspecified atom stereocenters. The molecule has 1 aliphatic heterocycles. The van der Waals surface area contributed by atoms with Crippen molar-refractivity contribution in [3.8, 4) is 0 Å². The molecule has 1 saturated heterocycles. The molecule has 0 spiro atoms. The van der Waals surface area contributed by atoms with E-state index in [-0.39, 0.29) is 11.7 Å². The van der Waals surface area contributed by atoms with Crippen molar-refractivity contribution in [2.24, 2.45) is 0 Å². The fraction of sp³-hybridized carbons (Fsp3) is 0.438. The predicted molar refractivity (Wildman–Crippen MR) is 84.6 cm³/mol. The minimum atomic E-state index is -0.246. The van der Waals surface area contributed by atoms with Crippen molar-refractivity contribution in [3.05, 3.63) is 34.5 Å². The lowest BCUT2D eigenvalue weighted by Crippen LogP contribution is -2.28. The summed E-state index contributed by atoms with van der Waals surface area (Å²) in [5.41, 5.74) is 1.12. The minimum Gasteiger partial charge on any atom is -0.344 e. The average Bonchev–Trinajstić information content (AvgIpc) is 2.85. The largest absolute Gasteiger partial charge is 0.344 e. The first-order chi connectivity index (χ1) is 10.1. The third-order valence-corrected chi connectivity index (χ3v) is 5.19. The molecule has 3 nitrogen and oxygen atoms in total. The average molecular weight is 306 g/mol. The molecule has 1 aliphatic rings. The van der Waals surface area contributed by atoms with Crippen molar-refractivity contribution in [2.45, 2.75) is 18.8 Å². The Bertz CT molecular complexity index is 674. The number of rotatable bonds is 2. The Morgan fingerprint density at radius 3 is 2.71 bits per heavy atom. The number of nitrogens with one attached hydrogen (secondary N) is 1. The van der Waals surface area contributed by atoms with Gasteiger partial charge in [-0.3, -0.25) is 4.79 Å². The Labute approximate surface area is 127 Å². The second-order valence-corrected chi connectivity index (χ2v) is 6.76. The lowest BCUT2D eigenvalue weighted by molar-refractivity contribution is 0.0830. The molecule has 2 aromatic rings. The highest BCUT2D eigenvalue weighted by Crippen LogP contribution is 2.40. The summed E-state index contributed by atoms with van der Waals surface area (Å²) in [6, 6.07) is 4.85. The molecule has 112 valence electrons. The molecule has 0 radical (unpaired) electrons. The summed E-state index contributed by atoms with van der Waals surface area (Å²) in [6.45, 7) is 1.94. The molecular weight excluding hydrogens is 287 g/mol. The lowest BCUT2D eigenvalue weighted by atomic mass is 9.88. The molecule has 3 rings (SSSR count). The number of carbonyl (C=O) groups is 1. The zero-order valence-corrected chi connectivity index (χ0v) is 13.1. The number of amides is 1. The number of hydrogen-bond acceptors (Lipinski definition) is 3. The first kappa shape index (κ1) is 14.5. The fourth-order valence-corrected chi connectivity index (χ4v) is 4.30. The van der Waals surface area contributed by atoms with E-state index in [1.165, 1.54) is 23.5 Å². The van der Waals surface area contributed by atoms with Crippen molar-refractivity contribution in [1.29, 1.82) is 0 Å². The Balaban J connectivity index is 2.17. The van der Waals surface area contributed by atoms with Crippen molar-refractivity contribution in [2.75, 3.05) is 27.2 Å². The van der Waals surface area contributed by atoms with Gasteiger partial charge < -0.3 is 10.2 Å². The molecule has 0 atom stereocenters. The SMILES string of the molecule is CN(C)C(=O)c1sc2cc(F)ccc2c1C1CCNCC1. The number of carbonyl (C=O) groups excluding carboxylic acids is 1. The predicted octanol–water partition coefficient (Wildman–Crippen LogP) is 3.21. The summed E-state index contributed by atoms with van der Waals surface area (Å²) in [6.07, 6.45) is 2.05. The highest BCUT2D eigenvalue weighted by Gasteiger charge is 2.27. The first-order valence-corrected chi connectivity index (χ1v) is 8.04. The quantitative estimate of drug-likeness (QED) is 0.924. The van der Waals surface area contributed by atoms with Crippen LogP contribution < -0.4 is 5.32 Å². The number of fused-ring (bicyclic) bond motifs is 1. The maximum Gasteiger partial charge on any atom is 0.263 e. The van der Waals surface area contributed by atoms with Gasteiger partial charge >= 0.3 is 0 Å². The Kier molecular flexibility index (Phi) is 3.95. The van der Waals surface area contributed by atoms with E-state index in [0.29, 0.717) is 5.92 Å². The zero-order chi connectivity index (χ0) is 15.0. The Hall–Kier alpha value is -1.46. The van der Waals surface area contributed by atoms with E-state index in [9.17, 15) is 9.18 Å². The zero-order valence-electron chi connectivity index (χ0n) is 12.3. The number of nitrogens with zero attached hydrogens (tertiary/aromatic N) is 1.